The van der Waals surface area contributed by atoms with Crippen molar-refractivity contribution < 1.29 is 23.6 Å². The first-order chi connectivity index (χ1) is 20.9. The molecule has 2 amide bonds. The molecule has 4 aromatic rings. The molecule has 2 aromatic heterocycles. The molecule has 43 heavy (non-hydrogen) atoms. The first-order valence-electron chi connectivity index (χ1n) is 14.6. The number of pyridine rings is 1. The maximum atomic E-state index is 15.0. The summed E-state index contributed by atoms with van der Waals surface area (Å²) in [6.45, 7) is 3.47. The van der Waals surface area contributed by atoms with Crippen LogP contribution in [-0.4, -0.2) is 75.8 Å². The van der Waals surface area contributed by atoms with Gasteiger partial charge in [-0.05, 0) is 75.1 Å². The fourth-order valence-electron chi connectivity index (χ4n) is 5.98. The lowest BCUT2D eigenvalue weighted by atomic mass is 9.95. The second kappa shape index (κ2) is 12.5. The number of rotatable bonds is 7. The Balaban J connectivity index is 1.22. The lowest BCUT2D eigenvalue weighted by Gasteiger charge is -2.41. The number of nitrogens with one attached hydrogen (secondary N) is 2. The molecule has 0 bridgehead atoms. The molecule has 6 rings (SSSR count). The molecule has 0 spiro atoms. The Morgan fingerprint density at radius 3 is 2.84 bits per heavy atom. The van der Waals surface area contributed by atoms with Gasteiger partial charge in [-0.25, -0.2) is 9.45 Å². The third kappa shape index (κ3) is 6.09. The number of piperidine rings is 1. The van der Waals surface area contributed by atoms with Gasteiger partial charge in [0, 0.05) is 59.6 Å². The zero-order valence-electron chi connectivity index (χ0n) is 24.3. The minimum atomic E-state index is -0.510. The quantitative estimate of drug-likeness (QED) is 0.330. The van der Waals surface area contributed by atoms with E-state index in [2.05, 4.69) is 20.5 Å². The standard InChI is InChI=1S/C32H35FN6O4/c1-20-16-21(12-13-34-20)30-24-17-22(8-10-27(24)36-37-30)31(40)35-23-9-11-28(32(41)39-14-3-4-15-43-39)38(18-23)19-25-26(33)6-5-7-29(25)42-2/h5-8,10,12-13,16-17,23,28H,3-4,9,11,14-15,18-19H2,1-2H3,(H,35,40)(H,36,37)/t23-,28+/m1/s1. The molecule has 2 atom stereocenters. The van der Waals surface area contributed by atoms with Crippen molar-refractivity contribution in [3.8, 4) is 17.0 Å². The highest BCUT2D eigenvalue weighted by Gasteiger charge is 2.37. The zero-order chi connectivity index (χ0) is 29.9. The molecule has 2 aromatic carbocycles. The van der Waals surface area contributed by atoms with Crippen molar-refractivity contribution in [2.75, 3.05) is 26.8 Å². The predicted octanol–water partition coefficient (Wildman–Crippen LogP) is 4.40. The number of H-pyrrole nitrogens is 1. The maximum absolute atomic E-state index is 15.0. The van der Waals surface area contributed by atoms with E-state index in [4.69, 9.17) is 9.57 Å². The molecule has 4 heterocycles. The zero-order valence-corrected chi connectivity index (χ0v) is 24.3. The number of hydrogen-bond acceptors (Lipinski definition) is 7. The van der Waals surface area contributed by atoms with Crippen LogP contribution >= 0.6 is 0 Å². The lowest BCUT2D eigenvalue weighted by Crippen LogP contribution is -2.57. The van der Waals surface area contributed by atoms with Crippen LogP contribution in [0, 0.1) is 12.7 Å². The van der Waals surface area contributed by atoms with Gasteiger partial charge >= 0.3 is 0 Å². The van der Waals surface area contributed by atoms with E-state index in [1.165, 1.54) is 18.2 Å². The number of halogens is 1. The Morgan fingerprint density at radius 1 is 1.16 bits per heavy atom. The molecule has 224 valence electrons. The van der Waals surface area contributed by atoms with Crippen molar-refractivity contribution in [2.24, 2.45) is 0 Å². The minimum absolute atomic E-state index is 0.135. The summed E-state index contributed by atoms with van der Waals surface area (Å²) in [5.41, 5.74) is 4.24. The average Bonchev–Trinajstić information content (AvgIpc) is 3.46. The Kier molecular flexibility index (Phi) is 8.35. The second-order valence-electron chi connectivity index (χ2n) is 11.1. The van der Waals surface area contributed by atoms with Crippen LogP contribution in [0.4, 0.5) is 4.39 Å². The Morgan fingerprint density at radius 2 is 2.05 bits per heavy atom. The summed E-state index contributed by atoms with van der Waals surface area (Å²) in [5, 5.41) is 13.0. The number of carbonyl (C=O) groups is 2. The average molecular weight is 587 g/mol. The first kappa shape index (κ1) is 28.8. The highest BCUT2D eigenvalue weighted by Crippen LogP contribution is 2.30. The van der Waals surface area contributed by atoms with Crippen LogP contribution in [0.25, 0.3) is 22.2 Å². The van der Waals surface area contributed by atoms with Gasteiger partial charge in [-0.3, -0.25) is 29.4 Å². The monoisotopic (exact) mass is 586 g/mol. The number of nitrogens with zero attached hydrogens (tertiary/aromatic N) is 4. The fraction of sp³-hybridized carbons (Fsp3) is 0.375. The first-order valence-corrected chi connectivity index (χ1v) is 14.6. The number of ether oxygens (including phenoxy) is 1. The number of amides is 2. The summed E-state index contributed by atoms with van der Waals surface area (Å²) in [6, 6.07) is 13.2. The van der Waals surface area contributed by atoms with E-state index < -0.39 is 11.9 Å². The van der Waals surface area contributed by atoms with Crippen LogP contribution in [0.1, 0.15) is 47.3 Å². The molecule has 2 aliphatic rings. The van der Waals surface area contributed by atoms with Crippen molar-refractivity contribution in [1.29, 1.82) is 0 Å². The number of aromatic nitrogens is 3. The van der Waals surface area contributed by atoms with Gasteiger partial charge in [-0.2, -0.15) is 5.10 Å². The summed E-state index contributed by atoms with van der Waals surface area (Å²) in [6.07, 6.45) is 4.61. The van der Waals surface area contributed by atoms with Crippen molar-refractivity contribution in [3.63, 3.8) is 0 Å². The van der Waals surface area contributed by atoms with Gasteiger partial charge in [-0.1, -0.05) is 6.07 Å². The van der Waals surface area contributed by atoms with Crippen molar-refractivity contribution in [3.05, 3.63) is 77.4 Å². The van der Waals surface area contributed by atoms with Crippen molar-refractivity contribution in [1.82, 2.24) is 30.5 Å². The SMILES string of the molecule is COc1cccc(F)c1CN1C[C@H](NC(=O)c2ccc3[nH]nc(-c4ccnc(C)c4)c3c2)CC[C@H]1C(=O)N1CCCCO1. The van der Waals surface area contributed by atoms with Crippen LogP contribution < -0.4 is 10.1 Å². The molecule has 11 heteroatoms. The number of fused-ring (bicyclic) bond motifs is 1. The molecule has 0 radical (unpaired) electrons. The van der Waals surface area contributed by atoms with Gasteiger partial charge in [0.25, 0.3) is 11.8 Å². The lowest BCUT2D eigenvalue weighted by molar-refractivity contribution is -0.203. The van der Waals surface area contributed by atoms with Crippen molar-refractivity contribution in [2.45, 2.75) is 51.2 Å². The maximum Gasteiger partial charge on any atom is 0.263 e. The number of hydrogen-bond donors (Lipinski definition) is 2. The molecule has 2 fully saturated rings. The third-order valence-electron chi connectivity index (χ3n) is 8.21. The van der Waals surface area contributed by atoms with Crippen LogP contribution in [0.5, 0.6) is 5.75 Å². The highest BCUT2D eigenvalue weighted by molar-refractivity contribution is 6.01. The summed E-state index contributed by atoms with van der Waals surface area (Å²) in [5.74, 6) is -0.346. The van der Waals surface area contributed by atoms with Gasteiger partial charge < -0.3 is 10.1 Å². The van der Waals surface area contributed by atoms with E-state index in [1.54, 1.807) is 24.4 Å². The van der Waals surface area contributed by atoms with Crippen molar-refractivity contribution >= 4 is 22.7 Å². The highest BCUT2D eigenvalue weighted by atomic mass is 19.1. The van der Waals surface area contributed by atoms with Crippen LogP contribution in [0.15, 0.2) is 54.7 Å². The van der Waals surface area contributed by atoms with E-state index >= 15 is 0 Å². The molecular formula is C32H35FN6O4. The van der Waals surface area contributed by atoms with E-state index in [0.29, 0.717) is 49.4 Å². The summed E-state index contributed by atoms with van der Waals surface area (Å²) < 4.78 is 20.4. The van der Waals surface area contributed by atoms with Gasteiger partial charge in [0.15, 0.2) is 0 Å². The van der Waals surface area contributed by atoms with Gasteiger partial charge in [0.05, 0.1) is 25.3 Å². The van der Waals surface area contributed by atoms with E-state index in [-0.39, 0.29) is 24.4 Å². The predicted molar refractivity (Wildman–Crippen MR) is 159 cm³/mol. The van der Waals surface area contributed by atoms with E-state index in [9.17, 15) is 14.0 Å². The molecule has 0 unspecified atom stereocenters. The molecule has 2 N–H and O–H groups in total. The van der Waals surface area contributed by atoms with Crippen LogP contribution in [0.2, 0.25) is 0 Å². The molecule has 0 aliphatic carbocycles. The van der Waals surface area contributed by atoms with Gasteiger partial charge in [-0.15, -0.1) is 0 Å². The molecular weight excluding hydrogens is 551 g/mol. The normalized spacial score (nSPS) is 19.4. The van der Waals surface area contributed by atoms with Gasteiger partial charge in [0.2, 0.25) is 0 Å². The smallest absolute Gasteiger partial charge is 0.263 e. The van der Waals surface area contributed by atoms with Crippen LogP contribution in [-0.2, 0) is 16.2 Å². The number of aromatic amines is 1. The Labute approximate surface area is 249 Å². The number of aryl methyl sites for hydroxylation is 1. The number of benzene rings is 2. The molecule has 0 saturated carbocycles. The molecule has 2 aliphatic heterocycles. The summed E-state index contributed by atoms with van der Waals surface area (Å²) in [7, 11) is 1.50. The van der Waals surface area contributed by atoms with Crippen LogP contribution in [0.3, 0.4) is 0 Å². The molecule has 10 nitrogen and oxygen atoms in total. The van der Waals surface area contributed by atoms with E-state index in [0.717, 1.165) is 40.7 Å². The Hall–Kier alpha value is -4.35. The fourth-order valence-corrected chi connectivity index (χ4v) is 5.98. The summed E-state index contributed by atoms with van der Waals surface area (Å²) >= 11 is 0. The van der Waals surface area contributed by atoms with Gasteiger partial charge in [0.1, 0.15) is 17.3 Å². The Bertz CT molecular complexity index is 1640. The third-order valence-corrected chi connectivity index (χ3v) is 8.21. The van der Waals surface area contributed by atoms with E-state index in [1.807, 2.05) is 36.1 Å². The number of methoxy groups -OCH3 is 1. The minimum Gasteiger partial charge on any atom is -0.496 e. The summed E-state index contributed by atoms with van der Waals surface area (Å²) in [4.78, 5) is 38.9. The number of likely N-dealkylation sites (tertiary alicyclic amines) is 1. The molecule has 2 saturated heterocycles. The topological polar surface area (TPSA) is 113 Å². The number of carbonyl (C=O) groups excluding carboxylic acids is 2. The number of hydroxylamine groups is 2. The largest absolute Gasteiger partial charge is 0.496 e. The second-order valence-corrected chi connectivity index (χ2v) is 11.1.